The molecule has 0 saturated carbocycles. The highest BCUT2D eigenvalue weighted by molar-refractivity contribution is 6.34. The van der Waals surface area contributed by atoms with Crippen LogP contribution in [0.25, 0.3) is 0 Å². The maximum atomic E-state index is 12.1. The van der Waals surface area contributed by atoms with Gasteiger partial charge in [-0.15, -0.1) is 0 Å². The fourth-order valence-corrected chi connectivity index (χ4v) is 2.84. The van der Waals surface area contributed by atoms with E-state index in [1.54, 1.807) is 24.3 Å². The van der Waals surface area contributed by atoms with Gasteiger partial charge in [0.25, 0.3) is 11.8 Å². The first-order chi connectivity index (χ1) is 11.0. The van der Waals surface area contributed by atoms with Crippen LogP contribution in [0.1, 0.15) is 26.3 Å². The summed E-state index contributed by atoms with van der Waals surface area (Å²) >= 11 is 11.7. The van der Waals surface area contributed by atoms with Gasteiger partial charge in [0, 0.05) is 10.0 Å². The van der Waals surface area contributed by atoms with Crippen LogP contribution in [0.15, 0.2) is 42.5 Å². The molecule has 0 aromatic heterocycles. The topological polar surface area (TPSA) is 63.7 Å². The third-order valence-electron chi connectivity index (χ3n) is 3.22. The number of nitrogens with zero attached hydrogens (tertiary/aromatic N) is 1. The predicted molar refractivity (Wildman–Crippen MR) is 83.2 cm³/mol. The van der Waals surface area contributed by atoms with Gasteiger partial charge in [-0.3, -0.25) is 9.59 Å². The average Bonchev–Trinajstić information content (AvgIpc) is 2.72. The van der Waals surface area contributed by atoms with Crippen molar-refractivity contribution in [3.8, 4) is 0 Å². The maximum Gasteiger partial charge on any atom is 0.337 e. The smallest absolute Gasteiger partial charge is 0.329 e. The lowest BCUT2D eigenvalue weighted by Crippen LogP contribution is -2.33. The van der Waals surface area contributed by atoms with E-state index in [-0.39, 0.29) is 17.5 Å². The number of benzene rings is 2. The number of hydrogen-bond acceptors (Lipinski definition) is 4. The summed E-state index contributed by atoms with van der Waals surface area (Å²) in [5.41, 5.74) is 0.927. The van der Waals surface area contributed by atoms with E-state index in [1.165, 1.54) is 18.2 Å². The van der Waals surface area contributed by atoms with Crippen LogP contribution in [0, 0.1) is 0 Å². The standard InChI is InChI=1S/C16H9Cl2NO4/c17-10-5-9(6-11(18)8-10)7-14(20)23-19-15(21)12-3-1-2-4-13(12)16(19)22/h1-6,8H,7H2. The van der Waals surface area contributed by atoms with Gasteiger partial charge < -0.3 is 4.84 Å². The number of rotatable bonds is 3. The zero-order valence-corrected chi connectivity index (χ0v) is 13.1. The van der Waals surface area contributed by atoms with Gasteiger partial charge in [-0.25, -0.2) is 4.79 Å². The van der Waals surface area contributed by atoms with Crippen molar-refractivity contribution in [1.29, 1.82) is 0 Å². The molecule has 1 heterocycles. The lowest BCUT2D eigenvalue weighted by atomic mass is 10.1. The van der Waals surface area contributed by atoms with Crippen molar-refractivity contribution in [1.82, 2.24) is 5.06 Å². The van der Waals surface area contributed by atoms with Crippen molar-refractivity contribution in [2.45, 2.75) is 6.42 Å². The Labute approximate surface area is 141 Å². The first kappa shape index (κ1) is 15.5. The molecule has 2 aromatic rings. The molecule has 0 bridgehead atoms. The summed E-state index contributed by atoms with van der Waals surface area (Å²) in [4.78, 5) is 41.1. The highest BCUT2D eigenvalue weighted by Gasteiger charge is 2.38. The molecule has 0 N–H and O–H groups in total. The molecule has 116 valence electrons. The van der Waals surface area contributed by atoms with Crippen LogP contribution in [-0.4, -0.2) is 22.8 Å². The van der Waals surface area contributed by atoms with Gasteiger partial charge in [0.05, 0.1) is 17.5 Å². The number of carbonyl (C=O) groups excluding carboxylic acids is 3. The Morgan fingerprint density at radius 3 is 2.00 bits per heavy atom. The number of halogens is 2. The van der Waals surface area contributed by atoms with Crippen LogP contribution < -0.4 is 0 Å². The van der Waals surface area contributed by atoms with Crippen LogP contribution in [0.3, 0.4) is 0 Å². The van der Waals surface area contributed by atoms with Crippen LogP contribution in [0.5, 0.6) is 0 Å². The summed E-state index contributed by atoms with van der Waals surface area (Å²) < 4.78 is 0. The Kier molecular flexibility index (Phi) is 4.07. The number of hydrogen-bond donors (Lipinski definition) is 0. The molecule has 1 aliphatic heterocycles. The first-order valence-corrected chi connectivity index (χ1v) is 7.35. The monoisotopic (exact) mass is 349 g/mol. The van der Waals surface area contributed by atoms with Gasteiger partial charge >= 0.3 is 5.97 Å². The van der Waals surface area contributed by atoms with E-state index in [4.69, 9.17) is 28.0 Å². The quantitative estimate of drug-likeness (QED) is 0.797. The zero-order chi connectivity index (χ0) is 16.6. The fourth-order valence-electron chi connectivity index (χ4n) is 2.26. The summed E-state index contributed by atoms with van der Waals surface area (Å²) in [7, 11) is 0. The van der Waals surface area contributed by atoms with Crippen LogP contribution in [-0.2, 0) is 16.1 Å². The molecule has 1 aliphatic rings. The van der Waals surface area contributed by atoms with E-state index in [0.29, 0.717) is 20.7 Å². The second kappa shape index (κ2) is 6.02. The van der Waals surface area contributed by atoms with E-state index in [2.05, 4.69) is 0 Å². The third kappa shape index (κ3) is 3.06. The summed E-state index contributed by atoms with van der Waals surface area (Å²) in [6.45, 7) is 0. The molecule has 5 nitrogen and oxygen atoms in total. The van der Waals surface area contributed by atoms with Gasteiger partial charge in [0.1, 0.15) is 0 Å². The minimum Gasteiger partial charge on any atom is -0.329 e. The van der Waals surface area contributed by atoms with Crippen LogP contribution in [0.4, 0.5) is 0 Å². The SMILES string of the molecule is O=C(Cc1cc(Cl)cc(Cl)c1)ON1C(=O)c2ccccc2C1=O. The summed E-state index contributed by atoms with van der Waals surface area (Å²) in [5, 5.41) is 1.22. The molecule has 0 radical (unpaired) electrons. The normalized spacial score (nSPS) is 13.2. The Bertz CT molecular complexity index is 779. The lowest BCUT2D eigenvalue weighted by Gasteiger charge is -2.12. The Morgan fingerprint density at radius 2 is 1.48 bits per heavy atom. The van der Waals surface area contributed by atoms with Crippen molar-refractivity contribution >= 4 is 41.0 Å². The van der Waals surface area contributed by atoms with Gasteiger partial charge in [-0.1, -0.05) is 40.4 Å². The number of hydroxylamine groups is 2. The molecule has 2 aromatic carbocycles. The molecule has 0 spiro atoms. The van der Waals surface area contributed by atoms with Crippen molar-refractivity contribution in [2.75, 3.05) is 0 Å². The Hall–Kier alpha value is -2.37. The molecule has 0 unspecified atom stereocenters. The lowest BCUT2D eigenvalue weighted by molar-refractivity contribution is -0.167. The van der Waals surface area contributed by atoms with E-state index >= 15 is 0 Å². The number of fused-ring (bicyclic) bond motifs is 1. The molecule has 3 rings (SSSR count). The van der Waals surface area contributed by atoms with Crippen LogP contribution >= 0.6 is 23.2 Å². The average molecular weight is 350 g/mol. The molecule has 0 aliphatic carbocycles. The van der Waals surface area contributed by atoms with E-state index in [1.807, 2.05) is 0 Å². The van der Waals surface area contributed by atoms with Crippen molar-refractivity contribution < 1.29 is 19.2 Å². The van der Waals surface area contributed by atoms with Gasteiger partial charge in [0.2, 0.25) is 0 Å². The summed E-state index contributed by atoms with van der Waals surface area (Å²) in [6.07, 6.45) is -0.173. The number of carbonyl (C=O) groups is 3. The first-order valence-electron chi connectivity index (χ1n) is 6.59. The summed E-state index contributed by atoms with van der Waals surface area (Å²) in [6, 6.07) is 10.9. The van der Waals surface area contributed by atoms with Crippen molar-refractivity contribution in [2.24, 2.45) is 0 Å². The van der Waals surface area contributed by atoms with Gasteiger partial charge in [-0.2, -0.15) is 0 Å². The minimum atomic E-state index is -0.766. The molecule has 7 heteroatoms. The minimum absolute atomic E-state index is 0.173. The largest absolute Gasteiger partial charge is 0.337 e. The fraction of sp³-hybridized carbons (Fsp3) is 0.0625. The second-order valence-corrected chi connectivity index (χ2v) is 5.74. The third-order valence-corrected chi connectivity index (χ3v) is 3.66. The maximum absolute atomic E-state index is 12.1. The second-order valence-electron chi connectivity index (χ2n) is 4.87. The molecule has 23 heavy (non-hydrogen) atoms. The molecule has 0 fully saturated rings. The van der Waals surface area contributed by atoms with Gasteiger partial charge in [-0.05, 0) is 35.9 Å². The number of imide groups is 1. The van der Waals surface area contributed by atoms with Crippen molar-refractivity contribution in [3.05, 3.63) is 69.2 Å². The predicted octanol–water partition coefficient (Wildman–Crippen LogP) is 3.29. The molecule has 2 amide bonds. The summed E-state index contributed by atoms with van der Waals surface area (Å²) in [5.74, 6) is -2.09. The van der Waals surface area contributed by atoms with Crippen molar-refractivity contribution in [3.63, 3.8) is 0 Å². The molecular weight excluding hydrogens is 341 g/mol. The zero-order valence-electron chi connectivity index (χ0n) is 11.6. The molecule has 0 atom stereocenters. The number of amides is 2. The van der Waals surface area contributed by atoms with E-state index in [9.17, 15) is 14.4 Å². The Morgan fingerprint density at radius 1 is 0.957 bits per heavy atom. The van der Waals surface area contributed by atoms with E-state index < -0.39 is 17.8 Å². The molecule has 0 saturated heterocycles. The highest BCUT2D eigenvalue weighted by Crippen LogP contribution is 2.24. The molecular formula is C16H9Cl2NO4. The Balaban J connectivity index is 1.74. The van der Waals surface area contributed by atoms with Crippen LogP contribution in [0.2, 0.25) is 10.0 Å². The van der Waals surface area contributed by atoms with E-state index in [0.717, 1.165) is 0 Å². The highest BCUT2D eigenvalue weighted by atomic mass is 35.5. The van der Waals surface area contributed by atoms with Gasteiger partial charge in [0.15, 0.2) is 0 Å².